The van der Waals surface area contributed by atoms with E-state index in [4.69, 9.17) is 9.84 Å². The highest BCUT2D eigenvalue weighted by Crippen LogP contribution is 2.36. The fraction of sp³-hybridized carbons (Fsp3) is 0.357. The molecule has 0 saturated carbocycles. The van der Waals surface area contributed by atoms with E-state index in [-0.39, 0.29) is 11.9 Å². The SMILES string of the molecule is CN1CCC[C@@H](n2nc(-c3ccc(Oc4ccccc4)cc3)c3c(NC(=O)C(C)(C)C)ncnc32)C1. The highest BCUT2D eigenvalue weighted by molar-refractivity contribution is 6.05. The summed E-state index contributed by atoms with van der Waals surface area (Å²) in [6.45, 7) is 7.62. The van der Waals surface area contributed by atoms with E-state index in [1.165, 1.54) is 6.33 Å². The summed E-state index contributed by atoms with van der Waals surface area (Å²) in [6.07, 6.45) is 3.63. The average Bonchev–Trinajstić information content (AvgIpc) is 3.25. The maximum Gasteiger partial charge on any atom is 0.230 e. The van der Waals surface area contributed by atoms with Crippen molar-refractivity contribution in [1.82, 2.24) is 24.6 Å². The third-order valence-corrected chi connectivity index (χ3v) is 6.45. The van der Waals surface area contributed by atoms with Gasteiger partial charge in [-0.2, -0.15) is 5.10 Å². The molecule has 0 bridgehead atoms. The predicted octanol–water partition coefficient (Wildman–Crippen LogP) is 5.54. The number of hydrogen-bond donors (Lipinski definition) is 1. The number of amides is 1. The van der Waals surface area contributed by atoms with Crippen LogP contribution in [-0.2, 0) is 4.79 Å². The molecule has 1 saturated heterocycles. The number of carbonyl (C=O) groups excluding carboxylic acids is 1. The minimum Gasteiger partial charge on any atom is -0.457 e. The average molecular weight is 485 g/mol. The Kier molecular flexibility index (Phi) is 6.45. The molecular formula is C28H32N6O2. The first-order chi connectivity index (χ1) is 17.3. The minimum absolute atomic E-state index is 0.106. The number of likely N-dealkylation sites (tertiary alicyclic amines) is 1. The van der Waals surface area contributed by atoms with Crippen molar-refractivity contribution in [2.45, 2.75) is 39.7 Å². The quantitative estimate of drug-likeness (QED) is 0.401. The van der Waals surface area contributed by atoms with Gasteiger partial charge in [-0.15, -0.1) is 0 Å². The maximum atomic E-state index is 12.9. The zero-order valence-electron chi connectivity index (χ0n) is 21.2. The van der Waals surface area contributed by atoms with Gasteiger partial charge in [0.05, 0.1) is 11.4 Å². The van der Waals surface area contributed by atoms with Gasteiger partial charge >= 0.3 is 0 Å². The highest BCUT2D eigenvalue weighted by Gasteiger charge is 2.28. The van der Waals surface area contributed by atoms with Gasteiger partial charge in [0.1, 0.15) is 29.3 Å². The van der Waals surface area contributed by atoms with Crippen LogP contribution in [0, 0.1) is 5.41 Å². The second-order valence-electron chi connectivity index (χ2n) is 10.4. The predicted molar refractivity (Wildman–Crippen MR) is 141 cm³/mol. The number of hydrogen-bond acceptors (Lipinski definition) is 6. The first-order valence-electron chi connectivity index (χ1n) is 12.4. The van der Waals surface area contributed by atoms with Crippen molar-refractivity contribution in [2.24, 2.45) is 5.41 Å². The van der Waals surface area contributed by atoms with E-state index in [9.17, 15) is 4.79 Å². The van der Waals surface area contributed by atoms with Gasteiger partial charge in [-0.05, 0) is 62.8 Å². The molecule has 8 heteroatoms. The zero-order chi connectivity index (χ0) is 25.3. The summed E-state index contributed by atoms with van der Waals surface area (Å²) < 4.78 is 7.99. The van der Waals surface area contributed by atoms with Crippen molar-refractivity contribution in [3.8, 4) is 22.8 Å². The molecule has 36 heavy (non-hydrogen) atoms. The van der Waals surface area contributed by atoms with Crippen molar-refractivity contribution in [1.29, 1.82) is 0 Å². The van der Waals surface area contributed by atoms with Gasteiger partial charge in [-0.25, -0.2) is 14.6 Å². The molecule has 2 aromatic heterocycles. The molecule has 1 aliphatic rings. The van der Waals surface area contributed by atoms with Gasteiger partial charge in [0.2, 0.25) is 5.91 Å². The maximum absolute atomic E-state index is 12.9. The fourth-order valence-electron chi connectivity index (χ4n) is 4.46. The number of likely N-dealkylation sites (N-methyl/N-ethyl adjacent to an activating group) is 1. The molecule has 1 fully saturated rings. The molecule has 1 amide bonds. The Hall–Kier alpha value is -3.78. The summed E-state index contributed by atoms with van der Waals surface area (Å²) in [6, 6.07) is 17.7. The summed E-state index contributed by atoms with van der Waals surface area (Å²) in [5.74, 6) is 1.89. The van der Waals surface area contributed by atoms with Crippen LogP contribution in [0.5, 0.6) is 11.5 Å². The van der Waals surface area contributed by atoms with Crippen molar-refractivity contribution < 1.29 is 9.53 Å². The Bertz CT molecular complexity index is 1360. The standard InChI is InChI=1S/C28H32N6O2/c1-28(2,3)27(35)31-25-23-24(19-12-14-22(15-13-19)36-21-10-6-5-7-11-21)32-34(26(23)30-18-29-25)20-9-8-16-33(4)17-20/h5-7,10-15,18,20H,8-9,16-17H2,1-4H3,(H,29,30,31,35)/t20-/m1/s1. The Balaban J connectivity index is 1.57. The second kappa shape index (κ2) is 9.70. The van der Waals surface area contributed by atoms with Crippen LogP contribution in [-0.4, -0.2) is 50.7 Å². The molecule has 0 unspecified atom stereocenters. The van der Waals surface area contributed by atoms with Gasteiger partial charge in [0.25, 0.3) is 0 Å². The first kappa shape index (κ1) is 23.9. The van der Waals surface area contributed by atoms with Crippen LogP contribution in [0.1, 0.15) is 39.7 Å². The Morgan fingerprint density at radius 1 is 1.03 bits per heavy atom. The summed E-state index contributed by atoms with van der Waals surface area (Å²) >= 11 is 0. The van der Waals surface area contributed by atoms with Gasteiger partial charge in [-0.3, -0.25) is 4.79 Å². The number of anilines is 1. The third-order valence-electron chi connectivity index (χ3n) is 6.45. The number of nitrogens with one attached hydrogen (secondary N) is 1. The molecule has 186 valence electrons. The van der Waals surface area contributed by atoms with Crippen molar-refractivity contribution in [3.63, 3.8) is 0 Å². The van der Waals surface area contributed by atoms with Gasteiger partial charge in [0, 0.05) is 17.5 Å². The van der Waals surface area contributed by atoms with E-state index in [0.29, 0.717) is 5.82 Å². The smallest absolute Gasteiger partial charge is 0.230 e. The lowest BCUT2D eigenvalue weighted by atomic mass is 9.95. The summed E-state index contributed by atoms with van der Waals surface area (Å²) in [7, 11) is 2.13. The van der Waals surface area contributed by atoms with E-state index in [2.05, 4.69) is 27.2 Å². The number of carbonyl (C=O) groups is 1. The van der Waals surface area contributed by atoms with Crippen LogP contribution < -0.4 is 10.1 Å². The number of piperidine rings is 1. The first-order valence-corrected chi connectivity index (χ1v) is 12.4. The molecular weight excluding hydrogens is 452 g/mol. The van der Waals surface area contributed by atoms with Gasteiger partial charge < -0.3 is 15.0 Å². The Morgan fingerprint density at radius 2 is 1.75 bits per heavy atom. The zero-order valence-corrected chi connectivity index (χ0v) is 21.2. The van der Waals surface area contributed by atoms with E-state index in [1.54, 1.807) is 0 Å². The third kappa shape index (κ3) is 4.95. The number of benzene rings is 2. The van der Waals surface area contributed by atoms with E-state index >= 15 is 0 Å². The second-order valence-corrected chi connectivity index (χ2v) is 10.4. The molecule has 1 N–H and O–H groups in total. The van der Waals surface area contributed by atoms with E-state index < -0.39 is 5.41 Å². The van der Waals surface area contributed by atoms with Crippen molar-refractivity contribution in [3.05, 3.63) is 60.9 Å². The highest BCUT2D eigenvalue weighted by atomic mass is 16.5. The molecule has 0 aliphatic carbocycles. The molecule has 0 radical (unpaired) electrons. The van der Waals surface area contributed by atoms with Crippen LogP contribution in [0.2, 0.25) is 0 Å². The number of ether oxygens (including phenoxy) is 1. The van der Waals surface area contributed by atoms with Crippen LogP contribution in [0.15, 0.2) is 60.9 Å². The van der Waals surface area contributed by atoms with E-state index in [1.807, 2.05) is 80.1 Å². The van der Waals surface area contributed by atoms with Crippen LogP contribution in [0.4, 0.5) is 5.82 Å². The summed E-state index contributed by atoms with van der Waals surface area (Å²) in [5, 5.41) is 8.83. The van der Waals surface area contributed by atoms with Gasteiger partial charge in [0.15, 0.2) is 5.65 Å². The van der Waals surface area contributed by atoms with Crippen LogP contribution >= 0.6 is 0 Å². The number of nitrogens with zero attached hydrogens (tertiary/aromatic N) is 5. The number of para-hydroxylation sites is 1. The monoisotopic (exact) mass is 484 g/mol. The molecule has 2 aromatic carbocycles. The molecule has 1 atom stereocenters. The molecule has 0 spiro atoms. The van der Waals surface area contributed by atoms with Crippen LogP contribution in [0.25, 0.3) is 22.3 Å². The number of rotatable bonds is 5. The molecule has 5 rings (SSSR count). The Morgan fingerprint density at radius 3 is 2.44 bits per heavy atom. The lowest BCUT2D eigenvalue weighted by molar-refractivity contribution is -0.123. The minimum atomic E-state index is -0.560. The molecule has 8 nitrogen and oxygen atoms in total. The Labute approximate surface area is 211 Å². The lowest BCUT2D eigenvalue weighted by Gasteiger charge is -2.29. The molecule has 1 aliphatic heterocycles. The largest absolute Gasteiger partial charge is 0.457 e. The fourth-order valence-corrected chi connectivity index (χ4v) is 4.46. The number of fused-ring (bicyclic) bond motifs is 1. The number of aromatic nitrogens is 4. The molecule has 4 aromatic rings. The van der Waals surface area contributed by atoms with Crippen molar-refractivity contribution >= 4 is 22.8 Å². The van der Waals surface area contributed by atoms with Crippen LogP contribution in [0.3, 0.4) is 0 Å². The summed E-state index contributed by atoms with van der Waals surface area (Å²) in [4.78, 5) is 24.3. The topological polar surface area (TPSA) is 85.2 Å². The summed E-state index contributed by atoms with van der Waals surface area (Å²) in [5.41, 5.74) is 1.82. The van der Waals surface area contributed by atoms with Crippen molar-refractivity contribution in [2.75, 3.05) is 25.5 Å². The van der Waals surface area contributed by atoms with Gasteiger partial charge in [-0.1, -0.05) is 39.0 Å². The lowest BCUT2D eigenvalue weighted by Crippen LogP contribution is -2.34. The van der Waals surface area contributed by atoms with E-state index in [0.717, 1.165) is 59.7 Å². The normalized spacial score (nSPS) is 16.7. The molecule has 3 heterocycles.